The molecule has 1 aromatic heterocycles. The summed E-state index contributed by atoms with van der Waals surface area (Å²) in [7, 11) is 1.65. The molecule has 17 heavy (non-hydrogen) atoms. The van der Waals surface area contributed by atoms with Gasteiger partial charge in [-0.1, -0.05) is 0 Å². The number of nitrogens with two attached hydrogens (primary N) is 1. The topological polar surface area (TPSA) is 62.3 Å². The summed E-state index contributed by atoms with van der Waals surface area (Å²) in [6.45, 7) is 6.36. The van der Waals surface area contributed by atoms with E-state index in [1.54, 1.807) is 13.3 Å². The van der Waals surface area contributed by atoms with Crippen LogP contribution in [-0.4, -0.2) is 30.1 Å². The molecular formula is C12H23N3O2. The number of hydrogen-bond acceptors (Lipinski definition) is 4. The minimum Gasteiger partial charge on any atom is -0.493 e. The monoisotopic (exact) mass is 241 g/mol. The lowest BCUT2D eigenvalue weighted by atomic mass is 10.1. The van der Waals surface area contributed by atoms with Crippen LogP contribution >= 0.6 is 0 Å². The summed E-state index contributed by atoms with van der Waals surface area (Å²) in [6.07, 6.45) is 3.55. The van der Waals surface area contributed by atoms with Gasteiger partial charge >= 0.3 is 0 Å². The molecule has 1 aromatic rings. The Morgan fingerprint density at radius 2 is 2.24 bits per heavy atom. The molecule has 1 unspecified atom stereocenters. The van der Waals surface area contributed by atoms with E-state index in [1.807, 2.05) is 18.5 Å². The fourth-order valence-electron chi connectivity index (χ4n) is 1.85. The molecule has 5 heteroatoms. The van der Waals surface area contributed by atoms with E-state index in [0.717, 1.165) is 44.0 Å². The van der Waals surface area contributed by atoms with Gasteiger partial charge in [-0.15, -0.1) is 0 Å². The smallest absolute Gasteiger partial charge is 0.161 e. The van der Waals surface area contributed by atoms with E-state index >= 15 is 0 Å². The van der Waals surface area contributed by atoms with Crippen molar-refractivity contribution in [2.45, 2.75) is 39.3 Å². The lowest BCUT2D eigenvalue weighted by molar-refractivity contribution is 0.141. The number of aromatic nitrogens is 2. The third kappa shape index (κ3) is 3.71. The van der Waals surface area contributed by atoms with Crippen molar-refractivity contribution < 1.29 is 9.47 Å². The van der Waals surface area contributed by atoms with E-state index in [-0.39, 0.29) is 6.04 Å². The van der Waals surface area contributed by atoms with Crippen molar-refractivity contribution >= 4 is 0 Å². The van der Waals surface area contributed by atoms with Gasteiger partial charge in [0, 0.05) is 19.8 Å². The molecule has 1 atom stereocenters. The van der Waals surface area contributed by atoms with Crippen LogP contribution in [0.1, 0.15) is 38.4 Å². The summed E-state index contributed by atoms with van der Waals surface area (Å²) in [5.41, 5.74) is 7.16. The first-order valence-corrected chi connectivity index (χ1v) is 6.17. The average molecular weight is 241 g/mol. The van der Waals surface area contributed by atoms with Crippen LogP contribution in [-0.2, 0) is 11.3 Å². The highest BCUT2D eigenvalue weighted by atomic mass is 16.5. The third-order valence-corrected chi connectivity index (χ3v) is 2.72. The van der Waals surface area contributed by atoms with Crippen molar-refractivity contribution in [3.63, 3.8) is 0 Å². The van der Waals surface area contributed by atoms with E-state index in [1.165, 1.54) is 0 Å². The molecular weight excluding hydrogens is 218 g/mol. The molecule has 1 heterocycles. The van der Waals surface area contributed by atoms with E-state index in [9.17, 15) is 0 Å². The standard InChI is InChI=1S/C12H23N3O2/c1-4-15-12(11(16-3)9-14-15)10(13)7-6-8-17-5-2/h9-10H,4-8,13H2,1-3H3. The minimum absolute atomic E-state index is 0.0483. The van der Waals surface area contributed by atoms with Crippen molar-refractivity contribution in [1.29, 1.82) is 0 Å². The van der Waals surface area contributed by atoms with Crippen LogP contribution in [0.25, 0.3) is 0 Å². The summed E-state index contributed by atoms with van der Waals surface area (Å²) >= 11 is 0. The Labute approximate surface area is 103 Å². The van der Waals surface area contributed by atoms with E-state index in [4.69, 9.17) is 15.2 Å². The van der Waals surface area contributed by atoms with Crippen LogP contribution in [0, 0.1) is 0 Å². The fraction of sp³-hybridized carbons (Fsp3) is 0.750. The molecule has 0 saturated heterocycles. The van der Waals surface area contributed by atoms with Gasteiger partial charge in [-0.3, -0.25) is 4.68 Å². The van der Waals surface area contributed by atoms with Crippen LogP contribution < -0.4 is 10.5 Å². The van der Waals surface area contributed by atoms with Crippen LogP contribution in [0.5, 0.6) is 5.75 Å². The van der Waals surface area contributed by atoms with Gasteiger partial charge in [0.1, 0.15) is 0 Å². The van der Waals surface area contributed by atoms with Gasteiger partial charge in [0.25, 0.3) is 0 Å². The molecule has 0 fully saturated rings. The highest BCUT2D eigenvalue weighted by molar-refractivity contribution is 5.28. The Hall–Kier alpha value is -1.07. The lowest BCUT2D eigenvalue weighted by Crippen LogP contribution is -2.17. The van der Waals surface area contributed by atoms with Gasteiger partial charge < -0.3 is 15.2 Å². The van der Waals surface area contributed by atoms with E-state index in [0.29, 0.717) is 0 Å². The zero-order chi connectivity index (χ0) is 12.7. The first-order chi connectivity index (χ1) is 8.24. The lowest BCUT2D eigenvalue weighted by Gasteiger charge is -2.15. The molecule has 0 bridgehead atoms. The highest BCUT2D eigenvalue weighted by Crippen LogP contribution is 2.26. The largest absolute Gasteiger partial charge is 0.493 e. The summed E-state index contributed by atoms with van der Waals surface area (Å²) in [5.74, 6) is 0.774. The zero-order valence-electron chi connectivity index (χ0n) is 11.0. The number of rotatable bonds is 8. The number of hydrogen-bond donors (Lipinski definition) is 1. The Kier molecular flexibility index (Phi) is 6.00. The Morgan fingerprint density at radius 1 is 1.47 bits per heavy atom. The maximum Gasteiger partial charge on any atom is 0.161 e. The first kappa shape index (κ1) is 14.0. The van der Waals surface area contributed by atoms with Crippen molar-refractivity contribution in [3.05, 3.63) is 11.9 Å². The van der Waals surface area contributed by atoms with Crippen LogP contribution in [0.2, 0.25) is 0 Å². The van der Waals surface area contributed by atoms with Gasteiger partial charge in [-0.25, -0.2) is 0 Å². The molecule has 1 rings (SSSR count). The van der Waals surface area contributed by atoms with Gasteiger partial charge in [-0.05, 0) is 26.7 Å². The van der Waals surface area contributed by atoms with E-state index < -0.39 is 0 Å². The molecule has 98 valence electrons. The second kappa shape index (κ2) is 7.29. The van der Waals surface area contributed by atoms with Crippen LogP contribution in [0.15, 0.2) is 6.20 Å². The Morgan fingerprint density at radius 3 is 2.82 bits per heavy atom. The van der Waals surface area contributed by atoms with Crippen LogP contribution in [0.3, 0.4) is 0 Å². The third-order valence-electron chi connectivity index (χ3n) is 2.72. The number of nitrogens with zero attached hydrogens (tertiary/aromatic N) is 2. The normalized spacial score (nSPS) is 12.7. The summed E-state index contributed by atoms with van der Waals surface area (Å²) in [4.78, 5) is 0. The van der Waals surface area contributed by atoms with Crippen molar-refractivity contribution in [2.24, 2.45) is 5.73 Å². The SMILES string of the molecule is CCOCCCC(N)c1c(OC)cnn1CC. The maximum atomic E-state index is 6.18. The predicted molar refractivity (Wildman–Crippen MR) is 67.1 cm³/mol. The van der Waals surface area contributed by atoms with Gasteiger partial charge in [0.2, 0.25) is 0 Å². The second-order valence-electron chi connectivity index (χ2n) is 3.86. The maximum absolute atomic E-state index is 6.18. The minimum atomic E-state index is -0.0483. The Balaban J connectivity index is 2.60. The molecule has 0 aliphatic heterocycles. The van der Waals surface area contributed by atoms with Gasteiger partial charge in [0.05, 0.1) is 25.0 Å². The summed E-state index contributed by atoms with van der Waals surface area (Å²) in [5, 5.41) is 4.25. The molecule has 0 saturated carbocycles. The van der Waals surface area contributed by atoms with Crippen molar-refractivity contribution in [2.75, 3.05) is 20.3 Å². The molecule has 0 aliphatic rings. The quantitative estimate of drug-likeness (QED) is 0.704. The molecule has 0 aliphatic carbocycles. The van der Waals surface area contributed by atoms with E-state index in [2.05, 4.69) is 5.10 Å². The number of ether oxygens (including phenoxy) is 2. The van der Waals surface area contributed by atoms with Crippen LogP contribution in [0.4, 0.5) is 0 Å². The molecule has 2 N–H and O–H groups in total. The number of methoxy groups -OCH3 is 1. The Bertz CT molecular complexity index is 304. The van der Waals surface area contributed by atoms with Gasteiger partial charge in [-0.2, -0.15) is 5.10 Å². The first-order valence-electron chi connectivity index (χ1n) is 6.17. The number of aryl methyl sites for hydroxylation is 1. The predicted octanol–water partition coefficient (Wildman–Crippen LogP) is 1.73. The molecule has 0 radical (unpaired) electrons. The second-order valence-corrected chi connectivity index (χ2v) is 3.86. The summed E-state index contributed by atoms with van der Waals surface area (Å²) in [6, 6.07) is -0.0483. The van der Waals surface area contributed by atoms with Gasteiger partial charge in [0.15, 0.2) is 5.75 Å². The summed E-state index contributed by atoms with van der Waals surface area (Å²) < 4.78 is 12.5. The molecule has 0 amide bonds. The molecule has 5 nitrogen and oxygen atoms in total. The molecule has 0 spiro atoms. The van der Waals surface area contributed by atoms with Crippen molar-refractivity contribution in [1.82, 2.24) is 9.78 Å². The molecule has 0 aromatic carbocycles. The zero-order valence-corrected chi connectivity index (χ0v) is 11.0. The average Bonchev–Trinajstić information content (AvgIpc) is 2.77. The highest BCUT2D eigenvalue weighted by Gasteiger charge is 2.17. The fourth-order valence-corrected chi connectivity index (χ4v) is 1.85. The van der Waals surface area contributed by atoms with Crippen molar-refractivity contribution in [3.8, 4) is 5.75 Å².